The molecule has 0 amide bonds. The monoisotopic (exact) mass is 184 g/mol. The Morgan fingerprint density at radius 2 is 1.82 bits per heavy atom. The first-order valence-corrected chi connectivity index (χ1v) is 3.99. The average Bonchev–Trinajstić information content (AvgIpc) is 1.87. The Morgan fingerprint density at radius 1 is 1.27 bits per heavy atom. The molecule has 2 nitrogen and oxygen atoms in total. The molecule has 0 aliphatic rings. The van der Waals surface area contributed by atoms with E-state index in [2.05, 4.69) is 6.92 Å². The Kier molecular flexibility index (Phi) is 14.8. The van der Waals surface area contributed by atoms with Gasteiger partial charge < -0.3 is 6.53 Å². The van der Waals surface area contributed by atoms with E-state index in [4.69, 9.17) is 5.11 Å². The van der Waals surface area contributed by atoms with Crippen molar-refractivity contribution < 1.29 is 62.7 Å². The molecule has 11 heavy (non-hydrogen) atoms. The molecule has 1 N–H and O–H groups in total. The molecular formula is C8H17KO2. The van der Waals surface area contributed by atoms with Crippen LogP contribution < -0.4 is 51.4 Å². The number of carboxylic acids is 1. The van der Waals surface area contributed by atoms with Crippen LogP contribution >= 0.6 is 0 Å². The topological polar surface area (TPSA) is 37.3 Å². The van der Waals surface area contributed by atoms with Crippen LogP contribution in [0.5, 0.6) is 0 Å². The molecule has 3 heteroatoms. The fraction of sp³-hybridized carbons (Fsp3) is 0.875. The van der Waals surface area contributed by atoms with Crippen LogP contribution in [0.15, 0.2) is 0 Å². The Morgan fingerprint density at radius 3 is 2.27 bits per heavy atom. The maximum Gasteiger partial charge on any atom is 1.00 e. The van der Waals surface area contributed by atoms with Crippen molar-refractivity contribution in [1.82, 2.24) is 0 Å². The van der Waals surface area contributed by atoms with E-state index < -0.39 is 5.97 Å². The van der Waals surface area contributed by atoms with E-state index in [1.807, 2.05) is 0 Å². The predicted molar refractivity (Wildman–Crippen MR) is 42.1 cm³/mol. The van der Waals surface area contributed by atoms with E-state index in [-0.39, 0.29) is 52.8 Å². The van der Waals surface area contributed by atoms with E-state index >= 15 is 0 Å². The molecule has 0 spiro atoms. The SMILES string of the molecule is CCCCCCCC(=O)O.[H-].[K+]. The number of carbonyl (C=O) groups is 1. The van der Waals surface area contributed by atoms with Gasteiger partial charge in [-0.2, -0.15) is 0 Å². The van der Waals surface area contributed by atoms with Crippen LogP contribution in [0.1, 0.15) is 46.9 Å². The molecule has 0 heterocycles. The standard InChI is InChI=1S/C8H16O2.K.H/c1-2-3-4-5-6-7-8(9)10;;/h2-7H2,1H3,(H,9,10);;/q;+1;-1. The van der Waals surface area contributed by atoms with Crippen molar-refractivity contribution in [1.29, 1.82) is 0 Å². The molecule has 0 unspecified atom stereocenters. The minimum Gasteiger partial charge on any atom is -1.00 e. The van der Waals surface area contributed by atoms with Crippen molar-refractivity contribution in [3.8, 4) is 0 Å². The minimum atomic E-state index is -0.670. The van der Waals surface area contributed by atoms with Gasteiger partial charge in [0.2, 0.25) is 0 Å². The van der Waals surface area contributed by atoms with Crippen molar-refractivity contribution in [2.75, 3.05) is 0 Å². The summed E-state index contributed by atoms with van der Waals surface area (Å²) in [6.45, 7) is 2.15. The normalized spacial score (nSPS) is 8.82. The average molecular weight is 184 g/mol. The van der Waals surface area contributed by atoms with Crippen LogP contribution in [0.4, 0.5) is 0 Å². The van der Waals surface area contributed by atoms with Crippen LogP contribution in [0.25, 0.3) is 0 Å². The van der Waals surface area contributed by atoms with Gasteiger partial charge in [0.15, 0.2) is 0 Å². The molecule has 0 aliphatic carbocycles. The molecule has 0 aliphatic heterocycles. The second-order valence-electron chi connectivity index (χ2n) is 2.56. The van der Waals surface area contributed by atoms with Crippen molar-refractivity contribution in [3.63, 3.8) is 0 Å². The van der Waals surface area contributed by atoms with Crippen molar-refractivity contribution >= 4 is 5.97 Å². The summed E-state index contributed by atoms with van der Waals surface area (Å²) < 4.78 is 0. The third-order valence-electron chi connectivity index (χ3n) is 1.49. The third kappa shape index (κ3) is 14.0. The summed E-state index contributed by atoms with van der Waals surface area (Å²) in [4.78, 5) is 10.0. The minimum absolute atomic E-state index is 0. The van der Waals surface area contributed by atoms with E-state index in [0.29, 0.717) is 6.42 Å². The first-order chi connectivity index (χ1) is 4.77. The Hall–Kier alpha value is 1.11. The number of unbranched alkanes of at least 4 members (excludes halogenated alkanes) is 4. The molecule has 0 saturated heterocycles. The van der Waals surface area contributed by atoms with Gasteiger partial charge in [-0.15, -0.1) is 0 Å². The van der Waals surface area contributed by atoms with E-state index in [1.165, 1.54) is 19.3 Å². The molecule has 0 rings (SSSR count). The largest absolute Gasteiger partial charge is 1.00 e. The fourth-order valence-corrected chi connectivity index (χ4v) is 0.880. The molecule has 0 saturated carbocycles. The number of hydrogen-bond acceptors (Lipinski definition) is 1. The van der Waals surface area contributed by atoms with Crippen LogP contribution in [0.2, 0.25) is 0 Å². The van der Waals surface area contributed by atoms with Crippen molar-refractivity contribution in [2.45, 2.75) is 45.4 Å². The summed E-state index contributed by atoms with van der Waals surface area (Å²) in [5, 5.41) is 8.27. The van der Waals surface area contributed by atoms with E-state index in [0.717, 1.165) is 12.8 Å². The van der Waals surface area contributed by atoms with Crippen LogP contribution in [0, 0.1) is 0 Å². The molecule has 0 aromatic carbocycles. The molecule has 0 radical (unpaired) electrons. The van der Waals surface area contributed by atoms with Gasteiger partial charge in [-0.05, 0) is 6.42 Å². The summed E-state index contributed by atoms with van der Waals surface area (Å²) in [7, 11) is 0. The quantitative estimate of drug-likeness (QED) is 0.448. The first kappa shape index (κ1) is 14.6. The maximum atomic E-state index is 10.0. The fourth-order valence-electron chi connectivity index (χ4n) is 0.880. The molecular weight excluding hydrogens is 167 g/mol. The van der Waals surface area contributed by atoms with E-state index in [1.54, 1.807) is 0 Å². The van der Waals surface area contributed by atoms with Gasteiger partial charge in [0.05, 0.1) is 0 Å². The van der Waals surface area contributed by atoms with Gasteiger partial charge in [-0.25, -0.2) is 0 Å². The number of aliphatic carboxylic acids is 1. The molecule has 0 bridgehead atoms. The van der Waals surface area contributed by atoms with Gasteiger partial charge in [-0.3, -0.25) is 4.79 Å². The third-order valence-corrected chi connectivity index (χ3v) is 1.49. The summed E-state index contributed by atoms with van der Waals surface area (Å²) >= 11 is 0. The Balaban J connectivity index is -0.000000405. The smallest absolute Gasteiger partial charge is 1.00 e. The molecule has 0 fully saturated rings. The van der Waals surface area contributed by atoms with Crippen LogP contribution in [0.3, 0.4) is 0 Å². The molecule has 0 atom stereocenters. The van der Waals surface area contributed by atoms with Gasteiger partial charge in [0, 0.05) is 6.42 Å². The number of hydrogen-bond donors (Lipinski definition) is 1. The summed E-state index contributed by atoms with van der Waals surface area (Å²) in [6, 6.07) is 0. The van der Waals surface area contributed by atoms with E-state index in [9.17, 15) is 4.79 Å². The second-order valence-corrected chi connectivity index (χ2v) is 2.56. The summed E-state index contributed by atoms with van der Waals surface area (Å²) in [5.41, 5.74) is 0. The first-order valence-electron chi connectivity index (χ1n) is 3.99. The van der Waals surface area contributed by atoms with Gasteiger partial charge >= 0.3 is 57.4 Å². The Bertz CT molecular complexity index is 99.1. The summed E-state index contributed by atoms with van der Waals surface area (Å²) in [6.07, 6.45) is 5.88. The van der Waals surface area contributed by atoms with Gasteiger partial charge in [0.1, 0.15) is 0 Å². The second kappa shape index (κ2) is 11.1. The molecule has 62 valence electrons. The van der Waals surface area contributed by atoms with Crippen LogP contribution in [-0.4, -0.2) is 11.1 Å². The molecule has 0 aromatic heterocycles. The maximum absolute atomic E-state index is 10.0. The Labute approximate surface area is 113 Å². The van der Waals surface area contributed by atoms with Gasteiger partial charge in [-0.1, -0.05) is 32.6 Å². The molecule has 0 aromatic rings. The number of rotatable bonds is 6. The van der Waals surface area contributed by atoms with Gasteiger partial charge in [0.25, 0.3) is 0 Å². The zero-order valence-corrected chi connectivity index (χ0v) is 10.7. The van der Waals surface area contributed by atoms with Crippen LogP contribution in [-0.2, 0) is 4.79 Å². The predicted octanol–water partition coefficient (Wildman–Crippen LogP) is -0.452. The van der Waals surface area contributed by atoms with Crippen molar-refractivity contribution in [2.24, 2.45) is 0 Å². The van der Waals surface area contributed by atoms with Crippen molar-refractivity contribution in [3.05, 3.63) is 0 Å². The zero-order chi connectivity index (χ0) is 7.82. The zero-order valence-electron chi connectivity index (χ0n) is 8.60. The summed E-state index contributed by atoms with van der Waals surface area (Å²) in [5.74, 6) is -0.670. The number of carboxylic acid groups (broad SMARTS) is 1.